The maximum atomic E-state index is 9.35. The zero-order valence-electron chi connectivity index (χ0n) is 10.1. The number of likely N-dealkylation sites (tertiary alicyclic amines) is 1. The molecule has 2 atom stereocenters. The second kappa shape index (κ2) is 7.60. The van der Waals surface area contributed by atoms with Crippen molar-refractivity contribution in [2.45, 2.75) is 32.0 Å². The van der Waals surface area contributed by atoms with E-state index < -0.39 is 0 Å². The van der Waals surface area contributed by atoms with Crippen molar-refractivity contribution in [1.29, 1.82) is 0 Å². The molecule has 3 nitrogen and oxygen atoms in total. The first-order valence-corrected chi connectivity index (χ1v) is 6.03. The van der Waals surface area contributed by atoms with Crippen molar-refractivity contribution >= 4 is 0 Å². The van der Waals surface area contributed by atoms with Crippen molar-refractivity contribution in [3.63, 3.8) is 0 Å². The van der Waals surface area contributed by atoms with Crippen LogP contribution in [0.2, 0.25) is 0 Å². The molecule has 0 aromatic carbocycles. The van der Waals surface area contributed by atoms with E-state index in [1.807, 2.05) is 19.1 Å². The van der Waals surface area contributed by atoms with Gasteiger partial charge >= 0.3 is 0 Å². The number of β-amino-alcohol motifs (C(OH)–C–C–N with tert-alkyl or cyclic N) is 1. The van der Waals surface area contributed by atoms with E-state index in [0.717, 1.165) is 39.1 Å². The number of aliphatic hydroxyl groups excluding tert-OH is 1. The summed E-state index contributed by atoms with van der Waals surface area (Å²) in [5.74, 6) is 0. The number of hydrogen-bond donors (Lipinski definition) is 1. The van der Waals surface area contributed by atoms with Crippen LogP contribution in [0.15, 0.2) is 24.8 Å². The molecule has 0 aromatic heterocycles. The molecular weight excluding hydrogens is 202 g/mol. The molecule has 3 heteroatoms. The molecule has 0 spiro atoms. The van der Waals surface area contributed by atoms with Crippen LogP contribution in [-0.4, -0.2) is 48.5 Å². The van der Waals surface area contributed by atoms with E-state index in [0.29, 0.717) is 0 Å². The highest BCUT2D eigenvalue weighted by Crippen LogP contribution is 2.08. The Labute approximate surface area is 98.4 Å². The lowest BCUT2D eigenvalue weighted by atomic mass is 10.3. The highest BCUT2D eigenvalue weighted by molar-refractivity contribution is 4.99. The van der Waals surface area contributed by atoms with Crippen molar-refractivity contribution in [2.75, 3.05) is 26.2 Å². The van der Waals surface area contributed by atoms with E-state index in [1.165, 1.54) is 0 Å². The molecule has 1 unspecified atom stereocenters. The van der Waals surface area contributed by atoms with E-state index in [9.17, 15) is 5.11 Å². The van der Waals surface area contributed by atoms with Crippen LogP contribution in [0.25, 0.3) is 0 Å². The highest BCUT2D eigenvalue weighted by Gasteiger charge is 2.18. The van der Waals surface area contributed by atoms with E-state index in [1.54, 1.807) is 6.08 Å². The molecule has 1 fully saturated rings. The van der Waals surface area contributed by atoms with Crippen molar-refractivity contribution in [2.24, 2.45) is 0 Å². The Kier molecular flexibility index (Phi) is 6.38. The summed E-state index contributed by atoms with van der Waals surface area (Å²) in [5, 5.41) is 9.35. The van der Waals surface area contributed by atoms with Crippen LogP contribution in [0.3, 0.4) is 0 Å². The van der Waals surface area contributed by atoms with Gasteiger partial charge in [0.05, 0.1) is 12.2 Å². The van der Waals surface area contributed by atoms with E-state index in [2.05, 4.69) is 11.5 Å². The number of nitrogens with zero attached hydrogens (tertiary/aromatic N) is 1. The molecule has 0 aliphatic carbocycles. The molecule has 1 saturated heterocycles. The Morgan fingerprint density at radius 2 is 2.44 bits per heavy atom. The van der Waals surface area contributed by atoms with Crippen LogP contribution in [0, 0.1) is 0 Å². The van der Waals surface area contributed by atoms with Gasteiger partial charge in [-0.25, -0.2) is 0 Å². The average molecular weight is 225 g/mol. The first-order valence-electron chi connectivity index (χ1n) is 6.03. The van der Waals surface area contributed by atoms with Gasteiger partial charge < -0.3 is 14.7 Å². The van der Waals surface area contributed by atoms with Crippen molar-refractivity contribution in [3.8, 4) is 0 Å². The first kappa shape index (κ1) is 13.4. The minimum Gasteiger partial charge on any atom is -0.392 e. The lowest BCUT2D eigenvalue weighted by Gasteiger charge is -2.15. The molecule has 0 radical (unpaired) electrons. The molecule has 1 rings (SSSR count). The number of ether oxygens (including phenoxy) is 1. The van der Waals surface area contributed by atoms with E-state index in [-0.39, 0.29) is 12.2 Å². The zero-order valence-corrected chi connectivity index (χ0v) is 10.1. The van der Waals surface area contributed by atoms with Gasteiger partial charge in [0.1, 0.15) is 0 Å². The van der Waals surface area contributed by atoms with Crippen molar-refractivity contribution in [3.05, 3.63) is 24.8 Å². The van der Waals surface area contributed by atoms with Crippen LogP contribution in [0.4, 0.5) is 0 Å². The monoisotopic (exact) mass is 225 g/mol. The Bertz CT molecular complexity index is 228. The van der Waals surface area contributed by atoms with Gasteiger partial charge in [0.15, 0.2) is 0 Å². The molecule has 0 amide bonds. The Morgan fingerprint density at radius 1 is 1.62 bits per heavy atom. The van der Waals surface area contributed by atoms with E-state index in [4.69, 9.17) is 4.74 Å². The highest BCUT2D eigenvalue weighted by atomic mass is 16.5. The third-order valence-corrected chi connectivity index (χ3v) is 2.77. The summed E-state index contributed by atoms with van der Waals surface area (Å²) in [6, 6.07) is 0. The summed E-state index contributed by atoms with van der Waals surface area (Å²) >= 11 is 0. The van der Waals surface area contributed by atoms with Crippen LogP contribution < -0.4 is 0 Å². The van der Waals surface area contributed by atoms with Gasteiger partial charge in [-0.15, -0.1) is 0 Å². The molecule has 1 N–H and O–H groups in total. The summed E-state index contributed by atoms with van der Waals surface area (Å²) in [6.07, 6.45) is 7.63. The second-order valence-electron chi connectivity index (χ2n) is 4.29. The summed E-state index contributed by atoms with van der Waals surface area (Å²) in [5.41, 5.74) is 0. The molecule has 1 heterocycles. The van der Waals surface area contributed by atoms with Crippen molar-refractivity contribution < 1.29 is 9.84 Å². The van der Waals surface area contributed by atoms with Crippen LogP contribution >= 0.6 is 0 Å². The molecule has 0 saturated carbocycles. The van der Waals surface area contributed by atoms with Crippen LogP contribution in [0.5, 0.6) is 0 Å². The fourth-order valence-corrected chi connectivity index (χ4v) is 1.86. The molecule has 0 aromatic rings. The predicted molar refractivity (Wildman–Crippen MR) is 66.4 cm³/mol. The van der Waals surface area contributed by atoms with Crippen LogP contribution in [-0.2, 0) is 4.74 Å². The zero-order chi connectivity index (χ0) is 11.8. The third-order valence-electron chi connectivity index (χ3n) is 2.77. The van der Waals surface area contributed by atoms with Gasteiger partial charge in [-0.3, -0.25) is 0 Å². The number of aliphatic hydroxyl groups is 1. The maximum Gasteiger partial charge on any atom is 0.0730 e. The molecule has 0 bridgehead atoms. The number of allylic oxidation sites excluding steroid dienone is 2. The van der Waals surface area contributed by atoms with Crippen molar-refractivity contribution in [1.82, 2.24) is 4.90 Å². The summed E-state index contributed by atoms with van der Waals surface area (Å²) in [7, 11) is 0. The first-order chi connectivity index (χ1) is 7.72. The summed E-state index contributed by atoms with van der Waals surface area (Å²) < 4.78 is 5.61. The maximum absolute atomic E-state index is 9.35. The molecule has 1 aliphatic rings. The van der Waals surface area contributed by atoms with E-state index >= 15 is 0 Å². The minimum atomic E-state index is -0.115. The SMILES string of the molecule is C=C/C=C\C(C)OCCCN1CC[C@@H](O)C1. The largest absolute Gasteiger partial charge is 0.392 e. The molecule has 1 aliphatic heterocycles. The Balaban J connectivity index is 1.99. The fraction of sp³-hybridized carbons (Fsp3) is 0.692. The topological polar surface area (TPSA) is 32.7 Å². The molecule has 16 heavy (non-hydrogen) atoms. The lowest BCUT2D eigenvalue weighted by molar-refractivity contribution is 0.0879. The predicted octanol–water partition coefficient (Wildman–Crippen LogP) is 1.59. The number of hydrogen-bond acceptors (Lipinski definition) is 3. The fourth-order valence-electron chi connectivity index (χ4n) is 1.86. The van der Waals surface area contributed by atoms with Gasteiger partial charge in [0.2, 0.25) is 0 Å². The van der Waals surface area contributed by atoms with Crippen LogP contribution in [0.1, 0.15) is 19.8 Å². The van der Waals surface area contributed by atoms with Gasteiger partial charge in [-0.05, 0) is 19.8 Å². The third kappa shape index (κ3) is 5.45. The van der Waals surface area contributed by atoms with Gasteiger partial charge in [0, 0.05) is 26.2 Å². The lowest BCUT2D eigenvalue weighted by Crippen LogP contribution is -2.24. The van der Waals surface area contributed by atoms with Gasteiger partial charge in [-0.1, -0.05) is 24.8 Å². The minimum absolute atomic E-state index is 0.115. The van der Waals surface area contributed by atoms with Gasteiger partial charge in [-0.2, -0.15) is 0 Å². The van der Waals surface area contributed by atoms with Gasteiger partial charge in [0.25, 0.3) is 0 Å². The number of rotatable bonds is 7. The average Bonchev–Trinajstić information content (AvgIpc) is 2.67. The second-order valence-corrected chi connectivity index (χ2v) is 4.29. The Morgan fingerprint density at radius 3 is 3.06 bits per heavy atom. The molecular formula is C13H23NO2. The smallest absolute Gasteiger partial charge is 0.0730 e. The Hall–Kier alpha value is -0.640. The molecule has 92 valence electrons. The normalized spacial score (nSPS) is 24.0. The summed E-state index contributed by atoms with van der Waals surface area (Å²) in [6.45, 7) is 9.29. The summed E-state index contributed by atoms with van der Waals surface area (Å²) in [4.78, 5) is 2.29. The quantitative estimate of drug-likeness (QED) is 0.527. The standard InChI is InChI=1S/C13H23NO2/c1-3-4-6-12(2)16-10-5-8-14-9-7-13(15)11-14/h3-4,6,12-13,15H,1,5,7-11H2,2H3/b6-4-/t12?,13-/m1/s1.